The molecule has 0 bridgehead atoms. The summed E-state index contributed by atoms with van der Waals surface area (Å²) in [6.07, 6.45) is 5.27. The highest BCUT2D eigenvalue weighted by molar-refractivity contribution is 5.97. The number of nitrogens with two attached hydrogens (primary N) is 1. The molecule has 1 aromatic heterocycles. The van der Waals surface area contributed by atoms with E-state index >= 15 is 0 Å². The molecule has 0 radical (unpaired) electrons. The molecular formula is C11H18N4O2. The Morgan fingerprint density at radius 2 is 2.47 bits per heavy atom. The van der Waals surface area contributed by atoms with E-state index in [1.807, 2.05) is 6.20 Å². The van der Waals surface area contributed by atoms with Crippen molar-refractivity contribution in [3.63, 3.8) is 0 Å². The molecule has 0 aliphatic carbocycles. The van der Waals surface area contributed by atoms with Crippen LogP contribution in [0.1, 0.15) is 12.8 Å². The Hall–Kier alpha value is -1.40. The lowest BCUT2D eigenvalue weighted by Gasteiger charge is -2.29. The van der Waals surface area contributed by atoms with Crippen LogP contribution in [-0.4, -0.2) is 42.0 Å². The SMILES string of the molecule is COCCn1cc(N2CCCC(N)C2=O)cn1. The van der Waals surface area contributed by atoms with Gasteiger partial charge in [0.1, 0.15) is 0 Å². The minimum atomic E-state index is -0.369. The normalized spacial score (nSPS) is 20.9. The largest absolute Gasteiger partial charge is 0.383 e. The molecule has 1 aliphatic rings. The summed E-state index contributed by atoms with van der Waals surface area (Å²) in [5.74, 6) is -0.0115. The monoisotopic (exact) mass is 238 g/mol. The van der Waals surface area contributed by atoms with Crippen LogP contribution in [0.15, 0.2) is 12.4 Å². The van der Waals surface area contributed by atoms with Gasteiger partial charge in [0.25, 0.3) is 0 Å². The number of rotatable bonds is 4. The van der Waals surface area contributed by atoms with Gasteiger partial charge in [-0.3, -0.25) is 9.48 Å². The van der Waals surface area contributed by atoms with E-state index in [9.17, 15) is 4.79 Å². The topological polar surface area (TPSA) is 73.4 Å². The van der Waals surface area contributed by atoms with Crippen molar-refractivity contribution in [1.82, 2.24) is 9.78 Å². The van der Waals surface area contributed by atoms with E-state index in [1.165, 1.54) is 0 Å². The van der Waals surface area contributed by atoms with Crippen molar-refractivity contribution in [3.8, 4) is 0 Å². The summed E-state index contributed by atoms with van der Waals surface area (Å²) in [4.78, 5) is 13.6. The van der Waals surface area contributed by atoms with Gasteiger partial charge in [-0.05, 0) is 12.8 Å². The molecule has 2 heterocycles. The number of piperidine rings is 1. The quantitative estimate of drug-likeness (QED) is 0.800. The highest BCUT2D eigenvalue weighted by atomic mass is 16.5. The van der Waals surface area contributed by atoms with Gasteiger partial charge in [0.15, 0.2) is 0 Å². The van der Waals surface area contributed by atoms with Gasteiger partial charge in [-0.15, -0.1) is 0 Å². The summed E-state index contributed by atoms with van der Waals surface area (Å²) < 4.78 is 6.75. The third kappa shape index (κ3) is 2.65. The van der Waals surface area contributed by atoms with Crippen LogP contribution < -0.4 is 10.6 Å². The molecule has 2 N–H and O–H groups in total. The number of nitrogens with zero attached hydrogens (tertiary/aromatic N) is 3. The number of hydrogen-bond acceptors (Lipinski definition) is 4. The summed E-state index contributed by atoms with van der Waals surface area (Å²) in [6, 6.07) is -0.369. The molecular weight excluding hydrogens is 220 g/mol. The second kappa shape index (κ2) is 5.29. The molecule has 0 spiro atoms. The first-order chi connectivity index (χ1) is 8.22. The van der Waals surface area contributed by atoms with Crippen LogP contribution in [0.25, 0.3) is 0 Å². The zero-order valence-electron chi connectivity index (χ0n) is 10.0. The number of aromatic nitrogens is 2. The summed E-state index contributed by atoms with van der Waals surface area (Å²) in [5, 5.41) is 4.19. The first-order valence-corrected chi connectivity index (χ1v) is 5.80. The molecule has 1 aromatic rings. The fourth-order valence-corrected chi connectivity index (χ4v) is 1.96. The van der Waals surface area contributed by atoms with Gasteiger partial charge in [0, 0.05) is 19.9 Å². The molecule has 1 atom stereocenters. The van der Waals surface area contributed by atoms with Crippen LogP contribution in [0.3, 0.4) is 0 Å². The summed E-state index contributed by atoms with van der Waals surface area (Å²) in [6.45, 7) is 2.02. The molecule has 1 saturated heterocycles. The van der Waals surface area contributed by atoms with Crippen molar-refractivity contribution < 1.29 is 9.53 Å². The van der Waals surface area contributed by atoms with Crippen LogP contribution in [0.2, 0.25) is 0 Å². The average molecular weight is 238 g/mol. The maximum Gasteiger partial charge on any atom is 0.243 e. The predicted octanol–water partition coefficient (Wildman–Crippen LogP) is -0.0164. The van der Waals surface area contributed by atoms with Crippen LogP contribution in [-0.2, 0) is 16.1 Å². The van der Waals surface area contributed by atoms with Crippen molar-refractivity contribution in [3.05, 3.63) is 12.4 Å². The number of carbonyl (C=O) groups is 1. The molecule has 6 nitrogen and oxygen atoms in total. The van der Waals surface area contributed by atoms with Crippen molar-refractivity contribution in [2.24, 2.45) is 5.73 Å². The Balaban J connectivity index is 2.06. The first-order valence-electron chi connectivity index (χ1n) is 5.80. The minimum absolute atomic E-state index is 0.0115. The van der Waals surface area contributed by atoms with Crippen LogP contribution in [0.5, 0.6) is 0 Å². The first kappa shape index (κ1) is 12.1. The lowest BCUT2D eigenvalue weighted by Crippen LogP contribution is -2.48. The Kier molecular flexibility index (Phi) is 3.75. The summed E-state index contributed by atoms with van der Waals surface area (Å²) >= 11 is 0. The second-order valence-electron chi connectivity index (χ2n) is 4.19. The highest BCUT2D eigenvalue weighted by Crippen LogP contribution is 2.19. The van der Waals surface area contributed by atoms with Gasteiger partial charge < -0.3 is 15.4 Å². The maximum atomic E-state index is 11.9. The van der Waals surface area contributed by atoms with E-state index in [1.54, 1.807) is 22.9 Å². The number of methoxy groups -OCH3 is 1. The Morgan fingerprint density at radius 3 is 3.24 bits per heavy atom. The third-order valence-corrected chi connectivity index (χ3v) is 2.94. The summed E-state index contributed by atoms with van der Waals surface area (Å²) in [5.41, 5.74) is 6.58. The van der Waals surface area contributed by atoms with Gasteiger partial charge in [0.2, 0.25) is 5.91 Å². The van der Waals surface area contributed by atoms with Crippen LogP contribution in [0, 0.1) is 0 Å². The van der Waals surface area contributed by atoms with Crippen molar-refractivity contribution in [2.45, 2.75) is 25.4 Å². The van der Waals surface area contributed by atoms with Crippen molar-refractivity contribution in [1.29, 1.82) is 0 Å². The lowest BCUT2D eigenvalue weighted by atomic mass is 10.1. The fourth-order valence-electron chi connectivity index (χ4n) is 1.96. The van der Waals surface area contributed by atoms with E-state index in [0.717, 1.165) is 25.1 Å². The Morgan fingerprint density at radius 1 is 1.65 bits per heavy atom. The molecule has 1 amide bonds. The fraction of sp³-hybridized carbons (Fsp3) is 0.636. The van der Waals surface area contributed by atoms with E-state index in [0.29, 0.717) is 13.2 Å². The Bertz CT molecular complexity index is 391. The molecule has 2 rings (SSSR count). The van der Waals surface area contributed by atoms with E-state index < -0.39 is 0 Å². The molecule has 1 aliphatic heterocycles. The molecule has 0 saturated carbocycles. The van der Waals surface area contributed by atoms with Crippen molar-refractivity contribution >= 4 is 11.6 Å². The van der Waals surface area contributed by atoms with E-state index in [2.05, 4.69) is 5.10 Å². The maximum absolute atomic E-state index is 11.9. The zero-order chi connectivity index (χ0) is 12.3. The molecule has 6 heteroatoms. The third-order valence-electron chi connectivity index (χ3n) is 2.94. The van der Waals surface area contributed by atoms with Gasteiger partial charge in [-0.1, -0.05) is 0 Å². The van der Waals surface area contributed by atoms with Gasteiger partial charge in [0.05, 0.1) is 31.1 Å². The molecule has 0 aromatic carbocycles. The number of hydrogen-bond donors (Lipinski definition) is 1. The number of anilines is 1. The predicted molar refractivity (Wildman–Crippen MR) is 63.7 cm³/mol. The van der Waals surface area contributed by atoms with E-state index in [4.69, 9.17) is 10.5 Å². The van der Waals surface area contributed by atoms with Gasteiger partial charge in [-0.2, -0.15) is 5.10 Å². The summed E-state index contributed by atoms with van der Waals surface area (Å²) in [7, 11) is 1.65. The minimum Gasteiger partial charge on any atom is -0.383 e. The van der Waals surface area contributed by atoms with E-state index in [-0.39, 0.29) is 11.9 Å². The lowest BCUT2D eigenvalue weighted by molar-refractivity contribution is -0.120. The smallest absolute Gasteiger partial charge is 0.243 e. The van der Waals surface area contributed by atoms with Crippen LogP contribution >= 0.6 is 0 Å². The molecule has 1 unspecified atom stereocenters. The Labute approximate surface area is 100 Å². The number of ether oxygens (including phenoxy) is 1. The van der Waals surface area contributed by atoms with Crippen LogP contribution in [0.4, 0.5) is 5.69 Å². The standard InChI is InChI=1S/C11H18N4O2/c1-17-6-5-14-8-9(7-13-14)15-4-2-3-10(12)11(15)16/h7-8,10H,2-6,12H2,1H3. The highest BCUT2D eigenvalue weighted by Gasteiger charge is 2.27. The number of amides is 1. The molecule has 94 valence electrons. The van der Waals surface area contributed by atoms with Gasteiger partial charge >= 0.3 is 0 Å². The average Bonchev–Trinajstić information content (AvgIpc) is 2.78. The van der Waals surface area contributed by atoms with Gasteiger partial charge in [-0.25, -0.2) is 0 Å². The number of carbonyl (C=O) groups excluding carboxylic acids is 1. The molecule has 17 heavy (non-hydrogen) atoms. The van der Waals surface area contributed by atoms with Crippen molar-refractivity contribution in [2.75, 3.05) is 25.2 Å². The zero-order valence-corrected chi connectivity index (χ0v) is 10.0. The molecule has 1 fully saturated rings. The second-order valence-corrected chi connectivity index (χ2v) is 4.19.